The van der Waals surface area contributed by atoms with Crippen molar-refractivity contribution in [2.75, 3.05) is 18.0 Å². The van der Waals surface area contributed by atoms with Crippen molar-refractivity contribution in [1.82, 2.24) is 19.9 Å². The first-order valence-electron chi connectivity index (χ1n) is 8.80. The van der Waals surface area contributed by atoms with Crippen molar-refractivity contribution >= 4 is 34.7 Å². The number of carbonyl (C=O) groups is 2. The van der Waals surface area contributed by atoms with Gasteiger partial charge in [-0.25, -0.2) is 0 Å². The van der Waals surface area contributed by atoms with Crippen LogP contribution in [0.3, 0.4) is 0 Å². The maximum Gasteiger partial charge on any atom is 0.253 e. The van der Waals surface area contributed by atoms with E-state index in [9.17, 15) is 9.59 Å². The molecule has 1 N–H and O–H groups in total. The second kappa shape index (κ2) is 7.36. The fourth-order valence-electron chi connectivity index (χ4n) is 3.27. The van der Waals surface area contributed by atoms with Gasteiger partial charge in [-0.15, -0.1) is 10.2 Å². The van der Waals surface area contributed by atoms with Crippen molar-refractivity contribution in [3.8, 4) is 0 Å². The van der Waals surface area contributed by atoms with Gasteiger partial charge in [-0.3, -0.25) is 14.0 Å². The monoisotopic (exact) mass is 383 g/mol. The normalized spacial score (nSPS) is 14.1. The lowest BCUT2D eigenvalue weighted by Crippen LogP contribution is -2.30. The van der Waals surface area contributed by atoms with Crippen molar-refractivity contribution in [2.24, 2.45) is 0 Å². The van der Waals surface area contributed by atoms with E-state index in [0.29, 0.717) is 42.2 Å². The number of hydrogen-bond donors (Lipinski definition) is 1. The highest BCUT2D eigenvalue weighted by Crippen LogP contribution is 2.28. The van der Waals surface area contributed by atoms with Crippen LogP contribution < -0.4 is 10.2 Å². The first-order chi connectivity index (χ1) is 13.1. The van der Waals surface area contributed by atoms with Crippen molar-refractivity contribution < 1.29 is 9.59 Å². The lowest BCUT2D eigenvalue weighted by Gasteiger charge is -2.19. The van der Waals surface area contributed by atoms with Crippen LogP contribution in [-0.2, 0) is 11.2 Å². The van der Waals surface area contributed by atoms with Crippen molar-refractivity contribution in [2.45, 2.75) is 19.3 Å². The standard InChI is InChI=1S/C19H18ClN5O2/c20-13-6-7-14(15(12-13)24-11-3-5-18(24)26)19(27)21-9-8-17-23-22-16-4-1-2-10-25(16)17/h1-2,4,6-7,10,12H,3,5,8-9,11H2,(H,21,27). The molecule has 3 heterocycles. The molecule has 4 rings (SSSR count). The Hall–Kier alpha value is -2.93. The molecule has 1 fully saturated rings. The van der Waals surface area contributed by atoms with Gasteiger partial charge in [0.1, 0.15) is 5.82 Å². The summed E-state index contributed by atoms with van der Waals surface area (Å²) in [5.41, 5.74) is 1.78. The number of nitrogens with zero attached hydrogens (tertiary/aromatic N) is 4. The van der Waals surface area contributed by atoms with Crippen molar-refractivity contribution in [3.63, 3.8) is 0 Å². The summed E-state index contributed by atoms with van der Waals surface area (Å²) in [5, 5.41) is 11.7. The minimum atomic E-state index is -0.241. The molecule has 1 aliphatic rings. The minimum Gasteiger partial charge on any atom is -0.352 e. The third kappa shape index (κ3) is 3.50. The third-order valence-corrected chi connectivity index (χ3v) is 4.82. The Kier molecular flexibility index (Phi) is 4.77. The summed E-state index contributed by atoms with van der Waals surface area (Å²) in [6.07, 6.45) is 3.71. The van der Waals surface area contributed by atoms with E-state index in [2.05, 4.69) is 15.5 Å². The molecule has 0 radical (unpaired) electrons. The molecule has 0 aliphatic carbocycles. The van der Waals surface area contributed by atoms with E-state index in [-0.39, 0.29) is 11.8 Å². The zero-order chi connectivity index (χ0) is 18.8. The highest BCUT2D eigenvalue weighted by Gasteiger charge is 2.26. The number of halogens is 1. The van der Waals surface area contributed by atoms with Gasteiger partial charge in [0.25, 0.3) is 5.91 Å². The molecule has 2 amide bonds. The number of nitrogens with one attached hydrogen (secondary N) is 1. The smallest absolute Gasteiger partial charge is 0.253 e. The summed E-state index contributed by atoms with van der Waals surface area (Å²) in [6, 6.07) is 10.7. The molecule has 0 spiro atoms. The van der Waals surface area contributed by atoms with Gasteiger partial charge in [-0.05, 0) is 36.8 Å². The molecule has 2 aromatic heterocycles. The molecule has 138 valence electrons. The van der Waals surface area contributed by atoms with E-state index in [4.69, 9.17) is 11.6 Å². The topological polar surface area (TPSA) is 79.6 Å². The summed E-state index contributed by atoms with van der Waals surface area (Å²) in [4.78, 5) is 26.4. The SMILES string of the molecule is O=C(NCCc1nnc2ccccn12)c1ccc(Cl)cc1N1CCCC1=O. The van der Waals surface area contributed by atoms with Gasteiger partial charge in [0.05, 0.1) is 11.3 Å². The van der Waals surface area contributed by atoms with E-state index in [1.54, 1.807) is 23.1 Å². The van der Waals surface area contributed by atoms with E-state index in [0.717, 1.165) is 17.9 Å². The molecule has 1 saturated heterocycles. The van der Waals surface area contributed by atoms with E-state index < -0.39 is 0 Å². The Labute approximate surface area is 160 Å². The number of aromatic nitrogens is 3. The number of amides is 2. The van der Waals surface area contributed by atoms with Gasteiger partial charge in [0.2, 0.25) is 5.91 Å². The Morgan fingerprint density at radius 2 is 2.11 bits per heavy atom. The number of benzene rings is 1. The van der Waals surface area contributed by atoms with Gasteiger partial charge in [0.15, 0.2) is 5.65 Å². The van der Waals surface area contributed by atoms with E-state index in [1.807, 2.05) is 28.8 Å². The number of rotatable bonds is 5. The summed E-state index contributed by atoms with van der Waals surface area (Å²) >= 11 is 6.09. The summed E-state index contributed by atoms with van der Waals surface area (Å²) in [6.45, 7) is 1.01. The van der Waals surface area contributed by atoms with Crippen LogP contribution in [-0.4, -0.2) is 39.5 Å². The fourth-order valence-corrected chi connectivity index (χ4v) is 3.43. The van der Waals surface area contributed by atoms with E-state index >= 15 is 0 Å². The second-order valence-corrected chi connectivity index (χ2v) is 6.80. The molecular formula is C19H18ClN5O2. The van der Waals surface area contributed by atoms with Crippen LogP contribution in [0.1, 0.15) is 29.0 Å². The third-order valence-electron chi connectivity index (χ3n) is 4.59. The average molecular weight is 384 g/mol. The molecule has 0 bridgehead atoms. The Morgan fingerprint density at radius 3 is 2.93 bits per heavy atom. The Bertz CT molecular complexity index is 1020. The first-order valence-corrected chi connectivity index (χ1v) is 9.18. The summed E-state index contributed by atoms with van der Waals surface area (Å²) in [5.74, 6) is 0.549. The van der Waals surface area contributed by atoms with Crippen LogP contribution in [0.25, 0.3) is 5.65 Å². The van der Waals surface area contributed by atoms with Gasteiger partial charge < -0.3 is 10.2 Å². The molecule has 3 aromatic rings. The van der Waals surface area contributed by atoms with Gasteiger partial charge in [0, 0.05) is 37.2 Å². The largest absolute Gasteiger partial charge is 0.352 e. The Morgan fingerprint density at radius 1 is 1.22 bits per heavy atom. The molecule has 7 nitrogen and oxygen atoms in total. The lowest BCUT2D eigenvalue weighted by molar-refractivity contribution is -0.117. The summed E-state index contributed by atoms with van der Waals surface area (Å²) in [7, 11) is 0. The fraction of sp³-hybridized carbons (Fsp3) is 0.263. The zero-order valence-electron chi connectivity index (χ0n) is 14.6. The van der Waals surface area contributed by atoms with Gasteiger partial charge in [-0.2, -0.15) is 0 Å². The lowest BCUT2D eigenvalue weighted by atomic mass is 10.1. The van der Waals surface area contributed by atoms with Crippen molar-refractivity contribution in [1.29, 1.82) is 0 Å². The molecule has 0 unspecified atom stereocenters. The van der Waals surface area contributed by atoms with Crippen LogP contribution in [0.2, 0.25) is 5.02 Å². The van der Waals surface area contributed by atoms with E-state index in [1.165, 1.54) is 0 Å². The average Bonchev–Trinajstić information content (AvgIpc) is 3.28. The van der Waals surface area contributed by atoms with Crippen LogP contribution >= 0.6 is 11.6 Å². The van der Waals surface area contributed by atoms with Crippen LogP contribution in [0.4, 0.5) is 5.69 Å². The summed E-state index contributed by atoms with van der Waals surface area (Å²) < 4.78 is 1.89. The molecule has 8 heteroatoms. The number of carbonyl (C=O) groups excluding carboxylic acids is 2. The first kappa shape index (κ1) is 17.5. The molecule has 1 aromatic carbocycles. The highest BCUT2D eigenvalue weighted by atomic mass is 35.5. The maximum absolute atomic E-state index is 12.7. The minimum absolute atomic E-state index is 0.0150. The molecule has 0 atom stereocenters. The number of hydrogen-bond acceptors (Lipinski definition) is 4. The number of pyridine rings is 1. The highest BCUT2D eigenvalue weighted by molar-refractivity contribution is 6.31. The number of anilines is 1. The molecular weight excluding hydrogens is 366 g/mol. The molecule has 1 aliphatic heterocycles. The van der Waals surface area contributed by atoms with Gasteiger partial charge >= 0.3 is 0 Å². The predicted octanol–water partition coefficient (Wildman–Crippen LogP) is 2.48. The van der Waals surface area contributed by atoms with Crippen LogP contribution in [0, 0.1) is 0 Å². The predicted molar refractivity (Wildman–Crippen MR) is 102 cm³/mol. The van der Waals surface area contributed by atoms with Gasteiger partial charge in [-0.1, -0.05) is 17.7 Å². The number of fused-ring (bicyclic) bond motifs is 1. The van der Waals surface area contributed by atoms with Crippen LogP contribution in [0.15, 0.2) is 42.6 Å². The maximum atomic E-state index is 12.7. The van der Waals surface area contributed by atoms with Crippen molar-refractivity contribution in [3.05, 3.63) is 59.0 Å². The Balaban J connectivity index is 1.48. The molecule has 0 saturated carbocycles. The zero-order valence-corrected chi connectivity index (χ0v) is 15.3. The quantitative estimate of drug-likeness (QED) is 0.734. The second-order valence-electron chi connectivity index (χ2n) is 6.36. The molecule has 27 heavy (non-hydrogen) atoms. The van der Waals surface area contributed by atoms with Crippen LogP contribution in [0.5, 0.6) is 0 Å².